The molecule has 0 bridgehead atoms. The largest absolute Gasteiger partial charge is 0.480 e. The van der Waals surface area contributed by atoms with Crippen molar-refractivity contribution in [1.29, 1.82) is 0 Å². The number of rotatable bonds is 5. The van der Waals surface area contributed by atoms with E-state index in [-0.39, 0.29) is 18.2 Å². The molecule has 4 unspecified atom stereocenters. The molecule has 6 nitrogen and oxygen atoms in total. The van der Waals surface area contributed by atoms with E-state index in [2.05, 4.69) is 5.32 Å². The summed E-state index contributed by atoms with van der Waals surface area (Å²) in [6, 6.07) is 9.08. The van der Waals surface area contributed by atoms with Crippen LogP contribution in [0.25, 0.3) is 6.08 Å². The smallest absolute Gasteiger partial charge is 0.324 e. The Morgan fingerprint density at radius 2 is 1.83 bits per heavy atom. The van der Waals surface area contributed by atoms with E-state index in [1.807, 2.05) is 56.3 Å². The first kappa shape index (κ1) is 21.2. The highest BCUT2D eigenvalue weighted by Gasteiger charge is 2.68. The van der Waals surface area contributed by atoms with Crippen molar-refractivity contribution in [3.63, 3.8) is 0 Å². The Balaban J connectivity index is 2.08. The second kappa shape index (κ2) is 7.41. The van der Waals surface area contributed by atoms with Gasteiger partial charge < -0.3 is 5.11 Å². The first-order valence-electron chi connectivity index (χ1n) is 10.1. The summed E-state index contributed by atoms with van der Waals surface area (Å²) >= 11 is 0. The Kier molecular flexibility index (Phi) is 5.43. The Bertz CT molecular complexity index is 840. The Morgan fingerprint density at radius 1 is 1.21 bits per heavy atom. The second-order valence-electron chi connectivity index (χ2n) is 9.50. The maximum Gasteiger partial charge on any atom is 0.324 e. The van der Waals surface area contributed by atoms with Gasteiger partial charge in [0.25, 0.3) is 0 Å². The van der Waals surface area contributed by atoms with Gasteiger partial charge in [0.15, 0.2) is 0 Å². The van der Waals surface area contributed by atoms with Crippen molar-refractivity contribution in [2.24, 2.45) is 17.8 Å². The summed E-state index contributed by atoms with van der Waals surface area (Å²) in [6.07, 6.45) is 3.98. The van der Waals surface area contributed by atoms with Crippen LogP contribution in [0.3, 0.4) is 0 Å². The summed E-state index contributed by atoms with van der Waals surface area (Å²) in [5.41, 5.74) is -1.21. The number of hydrogen-bond acceptors (Lipinski definition) is 4. The topological polar surface area (TPSA) is 86.7 Å². The Morgan fingerprint density at radius 3 is 2.34 bits per heavy atom. The molecular weight excluding hydrogens is 368 g/mol. The number of nitrogens with one attached hydrogen (secondary N) is 1. The maximum atomic E-state index is 13.3. The highest BCUT2D eigenvalue weighted by molar-refractivity contribution is 6.10. The number of imide groups is 1. The number of carboxylic acid groups (broad SMARTS) is 1. The van der Waals surface area contributed by atoms with E-state index < -0.39 is 40.8 Å². The first-order chi connectivity index (χ1) is 13.5. The van der Waals surface area contributed by atoms with Gasteiger partial charge in [-0.15, -0.1) is 0 Å². The van der Waals surface area contributed by atoms with Gasteiger partial charge in [-0.2, -0.15) is 0 Å². The molecule has 2 amide bonds. The van der Waals surface area contributed by atoms with Crippen molar-refractivity contribution in [2.45, 2.75) is 58.2 Å². The highest BCUT2D eigenvalue weighted by Crippen LogP contribution is 2.47. The number of likely N-dealkylation sites (tertiary alicyclic amines) is 1. The van der Waals surface area contributed by atoms with Crippen molar-refractivity contribution in [3.8, 4) is 0 Å². The predicted octanol–water partition coefficient (Wildman–Crippen LogP) is 2.94. The van der Waals surface area contributed by atoms with Gasteiger partial charge in [0.2, 0.25) is 11.8 Å². The molecule has 6 heteroatoms. The van der Waals surface area contributed by atoms with Crippen LogP contribution < -0.4 is 5.32 Å². The van der Waals surface area contributed by atoms with Crippen LogP contribution in [-0.2, 0) is 14.4 Å². The zero-order chi connectivity index (χ0) is 21.6. The van der Waals surface area contributed by atoms with Crippen LogP contribution in [0.5, 0.6) is 0 Å². The number of nitrogens with zero attached hydrogens (tertiary/aromatic N) is 1. The molecular formula is C23H30N2O4. The van der Waals surface area contributed by atoms with Gasteiger partial charge in [-0.1, -0.05) is 56.3 Å². The molecule has 4 atom stereocenters. The molecule has 2 aliphatic heterocycles. The molecule has 2 N–H and O–H groups in total. The molecule has 0 spiro atoms. The summed E-state index contributed by atoms with van der Waals surface area (Å²) in [4.78, 5) is 40.4. The van der Waals surface area contributed by atoms with Crippen LogP contribution in [0.1, 0.15) is 46.6 Å². The van der Waals surface area contributed by atoms with Crippen LogP contribution in [-0.4, -0.2) is 44.9 Å². The van der Waals surface area contributed by atoms with E-state index in [1.54, 1.807) is 20.8 Å². The molecule has 1 aromatic rings. The van der Waals surface area contributed by atoms with Gasteiger partial charge in [-0.25, -0.2) is 0 Å². The number of carbonyl (C=O) groups is 3. The first-order valence-corrected chi connectivity index (χ1v) is 10.1. The fourth-order valence-corrected chi connectivity index (χ4v) is 4.77. The predicted molar refractivity (Wildman–Crippen MR) is 111 cm³/mol. The van der Waals surface area contributed by atoms with Gasteiger partial charge in [0.1, 0.15) is 5.54 Å². The number of benzene rings is 1. The van der Waals surface area contributed by atoms with Crippen LogP contribution in [0.2, 0.25) is 0 Å². The number of amides is 2. The normalized spacial score (nSPS) is 29.9. The minimum absolute atomic E-state index is 0.0442. The van der Waals surface area contributed by atoms with E-state index in [9.17, 15) is 19.5 Å². The summed E-state index contributed by atoms with van der Waals surface area (Å²) < 4.78 is 0. The third kappa shape index (κ3) is 3.62. The Hall–Kier alpha value is -2.47. The van der Waals surface area contributed by atoms with Crippen molar-refractivity contribution < 1.29 is 19.5 Å². The maximum absolute atomic E-state index is 13.3. The fourth-order valence-electron chi connectivity index (χ4n) is 4.77. The molecule has 2 fully saturated rings. The minimum atomic E-state index is -1.46. The molecule has 2 aliphatic rings. The van der Waals surface area contributed by atoms with Crippen LogP contribution in [0.15, 0.2) is 36.4 Å². The lowest BCUT2D eigenvalue weighted by Crippen LogP contribution is -2.58. The van der Waals surface area contributed by atoms with E-state index in [0.29, 0.717) is 0 Å². The lowest BCUT2D eigenvalue weighted by Gasteiger charge is -2.35. The SMILES string of the molecule is CC(C)CC1(C(=O)O)NC(C=Cc2ccccc2)C2C(=O)N(C(C)(C)C)C(=O)C21. The third-order valence-corrected chi connectivity index (χ3v) is 5.77. The average Bonchev–Trinajstić information content (AvgIpc) is 3.08. The zero-order valence-corrected chi connectivity index (χ0v) is 17.7. The van der Waals surface area contributed by atoms with Crippen LogP contribution in [0.4, 0.5) is 0 Å². The van der Waals surface area contributed by atoms with Gasteiger partial charge in [0.05, 0.1) is 11.8 Å². The number of hydrogen-bond donors (Lipinski definition) is 2. The van der Waals surface area contributed by atoms with Gasteiger partial charge >= 0.3 is 5.97 Å². The monoisotopic (exact) mass is 398 g/mol. The number of fused-ring (bicyclic) bond motifs is 1. The van der Waals surface area contributed by atoms with E-state index >= 15 is 0 Å². The van der Waals surface area contributed by atoms with Gasteiger partial charge in [-0.05, 0) is 38.7 Å². The summed E-state index contributed by atoms with van der Waals surface area (Å²) in [5, 5.41) is 13.4. The zero-order valence-electron chi connectivity index (χ0n) is 17.7. The molecule has 2 saturated heterocycles. The number of carboxylic acids is 1. The molecule has 3 rings (SSSR count). The van der Waals surface area contributed by atoms with Crippen LogP contribution >= 0.6 is 0 Å². The summed E-state index contributed by atoms with van der Waals surface area (Å²) in [6.45, 7) is 9.26. The molecule has 0 aromatic heterocycles. The summed E-state index contributed by atoms with van der Waals surface area (Å²) in [7, 11) is 0. The molecule has 156 valence electrons. The minimum Gasteiger partial charge on any atom is -0.480 e. The molecule has 0 saturated carbocycles. The number of aliphatic carboxylic acids is 1. The quantitative estimate of drug-likeness (QED) is 0.745. The molecule has 0 radical (unpaired) electrons. The standard InChI is InChI=1S/C23H30N2O4/c1-14(2)13-23(21(28)29)18-17(19(26)25(20(18)27)22(3,4)5)16(24-23)12-11-15-9-7-6-8-10-15/h6-12,14,16-18,24H,13H2,1-5H3,(H,28,29). The lowest BCUT2D eigenvalue weighted by molar-refractivity contribution is -0.154. The fraction of sp³-hybridized carbons (Fsp3) is 0.522. The number of carbonyl (C=O) groups excluding carboxylic acids is 2. The summed E-state index contributed by atoms with van der Waals surface area (Å²) in [5.74, 6) is -3.36. The highest BCUT2D eigenvalue weighted by atomic mass is 16.4. The third-order valence-electron chi connectivity index (χ3n) is 5.77. The average molecular weight is 399 g/mol. The van der Waals surface area contributed by atoms with Crippen LogP contribution in [0, 0.1) is 17.8 Å². The van der Waals surface area contributed by atoms with Crippen molar-refractivity contribution in [1.82, 2.24) is 10.2 Å². The van der Waals surface area contributed by atoms with Crippen molar-refractivity contribution in [3.05, 3.63) is 42.0 Å². The molecule has 2 heterocycles. The Labute approximate surface area is 172 Å². The van der Waals surface area contributed by atoms with E-state index in [1.165, 1.54) is 4.90 Å². The second-order valence-corrected chi connectivity index (χ2v) is 9.50. The van der Waals surface area contributed by atoms with Crippen molar-refractivity contribution in [2.75, 3.05) is 0 Å². The van der Waals surface area contributed by atoms with Gasteiger partial charge in [-0.3, -0.25) is 24.6 Å². The molecule has 0 aliphatic carbocycles. The molecule has 1 aromatic carbocycles. The van der Waals surface area contributed by atoms with E-state index in [4.69, 9.17) is 0 Å². The van der Waals surface area contributed by atoms with E-state index in [0.717, 1.165) is 5.56 Å². The lowest BCUT2D eigenvalue weighted by atomic mass is 9.75. The molecule has 29 heavy (non-hydrogen) atoms. The van der Waals surface area contributed by atoms with Crippen molar-refractivity contribution >= 4 is 23.9 Å². The van der Waals surface area contributed by atoms with Gasteiger partial charge in [0, 0.05) is 11.6 Å².